The van der Waals surface area contributed by atoms with Gasteiger partial charge in [0.1, 0.15) is 0 Å². The molecule has 0 aliphatic heterocycles. The molecule has 0 bridgehead atoms. The van der Waals surface area contributed by atoms with E-state index in [9.17, 15) is 0 Å². The van der Waals surface area contributed by atoms with E-state index in [1.54, 1.807) is 6.04 Å². The Morgan fingerprint density at radius 3 is 1.71 bits per heavy atom. The summed E-state index contributed by atoms with van der Waals surface area (Å²) in [6.07, 6.45) is 6.80. The summed E-state index contributed by atoms with van der Waals surface area (Å²) in [4.78, 5) is 0. The van der Waals surface area contributed by atoms with E-state index in [2.05, 4.69) is 27.7 Å². The second-order valence-electron chi connectivity index (χ2n) is 4.58. The van der Waals surface area contributed by atoms with Crippen LogP contribution in [-0.4, -0.2) is 8.07 Å². The quantitative estimate of drug-likeness (QED) is 0.361. The third kappa shape index (κ3) is 5.19. The minimum atomic E-state index is -0.793. The van der Waals surface area contributed by atoms with E-state index in [0.29, 0.717) is 0 Å². The van der Waals surface area contributed by atoms with Crippen LogP contribution < -0.4 is 0 Å². The maximum absolute atomic E-state index is 3.89. The molecule has 0 heterocycles. The predicted octanol–water partition coefficient (Wildman–Crippen LogP) is 5.28. The molecule has 0 N–H and O–H groups in total. The summed E-state index contributed by atoms with van der Waals surface area (Å²) in [5.74, 6) is 0. The molecule has 0 spiro atoms. The van der Waals surface area contributed by atoms with Crippen molar-refractivity contribution in [3.05, 3.63) is 6.92 Å². The average Bonchev–Trinajstić information content (AvgIpc) is 2.24. The van der Waals surface area contributed by atoms with Crippen molar-refractivity contribution >= 4 is 8.07 Å². The smallest absolute Gasteiger partial charge is 0.0527 e. The van der Waals surface area contributed by atoms with Gasteiger partial charge in [-0.1, -0.05) is 84.0 Å². The van der Waals surface area contributed by atoms with Gasteiger partial charge < -0.3 is 0 Å². The Morgan fingerprint density at radius 1 is 0.786 bits per heavy atom. The fraction of sp³-hybridized carbons (Fsp3) is 0.923. The van der Waals surface area contributed by atoms with Crippen LogP contribution in [0.3, 0.4) is 0 Å². The highest BCUT2D eigenvalue weighted by atomic mass is 28.3. The first-order chi connectivity index (χ1) is 6.74. The van der Waals surface area contributed by atoms with E-state index < -0.39 is 8.07 Å². The van der Waals surface area contributed by atoms with E-state index in [-0.39, 0.29) is 0 Å². The average molecular weight is 213 g/mol. The second-order valence-corrected chi connectivity index (χ2v) is 10.2. The molecule has 0 nitrogen and oxygen atoms in total. The molecule has 0 aromatic carbocycles. The zero-order chi connectivity index (χ0) is 10.9. The number of hydrogen-bond acceptors (Lipinski definition) is 0. The van der Waals surface area contributed by atoms with Gasteiger partial charge in [0.05, 0.1) is 8.07 Å². The Labute approximate surface area is 92.5 Å². The van der Waals surface area contributed by atoms with Crippen LogP contribution in [0.2, 0.25) is 24.2 Å². The first-order valence-corrected chi connectivity index (χ1v) is 9.36. The van der Waals surface area contributed by atoms with Crippen LogP contribution in [0.1, 0.15) is 52.9 Å². The molecule has 0 rings (SSSR count). The maximum Gasteiger partial charge on any atom is 0.0527 e. The van der Waals surface area contributed by atoms with Gasteiger partial charge >= 0.3 is 0 Å². The molecule has 0 aromatic heterocycles. The molecule has 0 aromatic rings. The molecule has 0 fully saturated rings. The lowest BCUT2D eigenvalue weighted by Gasteiger charge is -2.27. The van der Waals surface area contributed by atoms with E-state index in [4.69, 9.17) is 0 Å². The summed E-state index contributed by atoms with van der Waals surface area (Å²) in [7, 11) is -0.793. The van der Waals surface area contributed by atoms with Crippen molar-refractivity contribution < 1.29 is 0 Å². The van der Waals surface area contributed by atoms with E-state index in [1.807, 2.05) is 0 Å². The summed E-state index contributed by atoms with van der Waals surface area (Å²) in [5.41, 5.74) is 0. The van der Waals surface area contributed by atoms with Gasteiger partial charge in [-0.15, -0.1) is 0 Å². The van der Waals surface area contributed by atoms with Gasteiger partial charge in [-0.25, -0.2) is 0 Å². The lowest BCUT2D eigenvalue weighted by Crippen LogP contribution is -2.30. The first-order valence-electron chi connectivity index (χ1n) is 6.54. The molecule has 85 valence electrons. The minimum absolute atomic E-state index is 0.793. The van der Waals surface area contributed by atoms with Gasteiger partial charge in [-0.2, -0.15) is 0 Å². The van der Waals surface area contributed by atoms with Crippen LogP contribution in [0.25, 0.3) is 0 Å². The minimum Gasteiger partial charge on any atom is -0.0678 e. The molecule has 0 saturated heterocycles. The topological polar surface area (TPSA) is 0 Å². The Balaban J connectivity index is 3.61. The molecule has 0 amide bonds. The van der Waals surface area contributed by atoms with Gasteiger partial charge in [0, 0.05) is 0 Å². The third-order valence-corrected chi connectivity index (χ3v) is 9.87. The molecular weight excluding hydrogens is 184 g/mol. The Hall–Kier alpha value is 0.217. The van der Waals surface area contributed by atoms with Crippen LogP contribution in [0, 0.1) is 6.92 Å². The zero-order valence-corrected chi connectivity index (χ0v) is 11.6. The summed E-state index contributed by atoms with van der Waals surface area (Å²) in [5, 5.41) is 0. The van der Waals surface area contributed by atoms with Gasteiger partial charge in [-0.05, 0) is 0 Å². The van der Waals surface area contributed by atoms with Gasteiger partial charge in [0.25, 0.3) is 0 Å². The zero-order valence-electron chi connectivity index (χ0n) is 10.6. The highest BCUT2D eigenvalue weighted by molar-refractivity contribution is 6.79. The Kier molecular flexibility index (Phi) is 8.65. The summed E-state index contributed by atoms with van der Waals surface area (Å²) < 4.78 is 0. The molecule has 1 radical (unpaired) electrons. The standard InChI is InChI=1S/C13H29Si/c1-5-9-10-11-12-13-14(6-2,7-3)8-4/h1,5-13H2,2-4H3. The number of rotatable bonds is 9. The molecule has 0 saturated carbocycles. The highest BCUT2D eigenvalue weighted by Crippen LogP contribution is 2.27. The molecular formula is C13H29Si. The molecule has 1 heteroatoms. The van der Waals surface area contributed by atoms with Crippen LogP contribution in [0.5, 0.6) is 0 Å². The van der Waals surface area contributed by atoms with Crippen molar-refractivity contribution in [3.8, 4) is 0 Å². The van der Waals surface area contributed by atoms with Gasteiger partial charge in [-0.3, -0.25) is 0 Å². The maximum atomic E-state index is 3.89. The third-order valence-electron chi connectivity index (χ3n) is 3.96. The lowest BCUT2D eigenvalue weighted by atomic mass is 10.2. The van der Waals surface area contributed by atoms with Crippen LogP contribution >= 0.6 is 0 Å². The highest BCUT2D eigenvalue weighted by Gasteiger charge is 2.25. The van der Waals surface area contributed by atoms with Crippen molar-refractivity contribution in [3.63, 3.8) is 0 Å². The van der Waals surface area contributed by atoms with Crippen molar-refractivity contribution in [2.24, 2.45) is 0 Å². The van der Waals surface area contributed by atoms with Crippen molar-refractivity contribution in [2.45, 2.75) is 77.1 Å². The first kappa shape index (κ1) is 14.2. The Bertz CT molecular complexity index is 108. The molecule has 0 unspecified atom stereocenters. The van der Waals surface area contributed by atoms with E-state index >= 15 is 0 Å². The SMILES string of the molecule is [CH2]CCCCCC[Si](CC)(CC)CC. The monoisotopic (exact) mass is 213 g/mol. The Morgan fingerprint density at radius 2 is 1.29 bits per heavy atom. The normalized spacial score (nSPS) is 12.0. The summed E-state index contributed by atoms with van der Waals surface area (Å²) in [6, 6.07) is 6.06. The summed E-state index contributed by atoms with van der Waals surface area (Å²) >= 11 is 0. The van der Waals surface area contributed by atoms with Crippen LogP contribution in [0.15, 0.2) is 0 Å². The van der Waals surface area contributed by atoms with Crippen LogP contribution in [0.4, 0.5) is 0 Å². The van der Waals surface area contributed by atoms with E-state index in [0.717, 1.165) is 6.42 Å². The predicted molar refractivity (Wildman–Crippen MR) is 70.4 cm³/mol. The molecule has 14 heavy (non-hydrogen) atoms. The largest absolute Gasteiger partial charge is 0.0678 e. The van der Waals surface area contributed by atoms with Crippen molar-refractivity contribution in [1.29, 1.82) is 0 Å². The number of hydrogen-bond donors (Lipinski definition) is 0. The van der Waals surface area contributed by atoms with Gasteiger partial charge in [0.2, 0.25) is 0 Å². The summed E-state index contributed by atoms with van der Waals surface area (Å²) in [6.45, 7) is 11.1. The second kappa shape index (κ2) is 8.52. The van der Waals surface area contributed by atoms with Crippen molar-refractivity contribution in [1.82, 2.24) is 0 Å². The molecule has 0 aliphatic carbocycles. The fourth-order valence-corrected chi connectivity index (χ4v) is 5.87. The van der Waals surface area contributed by atoms with Gasteiger partial charge in [0.15, 0.2) is 0 Å². The molecule has 0 aliphatic rings. The fourth-order valence-electron chi connectivity index (χ4n) is 2.31. The number of unbranched alkanes of at least 4 members (excludes halogenated alkanes) is 4. The molecule has 0 atom stereocenters. The van der Waals surface area contributed by atoms with Crippen LogP contribution in [-0.2, 0) is 0 Å². The van der Waals surface area contributed by atoms with Crippen molar-refractivity contribution in [2.75, 3.05) is 0 Å². The lowest BCUT2D eigenvalue weighted by molar-refractivity contribution is 0.667. The van der Waals surface area contributed by atoms with E-state index in [1.165, 1.54) is 43.8 Å².